The van der Waals surface area contributed by atoms with Gasteiger partial charge in [0.1, 0.15) is 6.54 Å². The molecule has 0 bridgehead atoms. The zero-order chi connectivity index (χ0) is 14.0. The highest BCUT2D eigenvalue weighted by atomic mass is 79.9. The second kappa shape index (κ2) is 5.61. The van der Waals surface area contributed by atoms with Crippen LogP contribution in [0.5, 0.6) is 0 Å². The molecule has 1 aromatic rings. The fourth-order valence-electron chi connectivity index (χ4n) is 2.04. The lowest BCUT2D eigenvalue weighted by atomic mass is 10.1. The number of halogens is 1. The van der Waals surface area contributed by atoms with Gasteiger partial charge in [0.25, 0.3) is 5.91 Å². The van der Waals surface area contributed by atoms with Crippen molar-refractivity contribution in [2.45, 2.75) is 12.8 Å². The first-order valence-corrected chi connectivity index (χ1v) is 6.83. The number of benzene rings is 1. The zero-order valence-corrected chi connectivity index (χ0v) is 11.9. The molecule has 2 rings (SSSR count). The van der Waals surface area contributed by atoms with Crippen molar-refractivity contribution < 1.29 is 14.7 Å². The first-order valence-electron chi connectivity index (χ1n) is 6.04. The van der Waals surface area contributed by atoms with Gasteiger partial charge in [-0.25, -0.2) is 0 Å². The SMILES string of the molecule is NC(=O)c1c(Br)cccc1N(CC(=O)O)CC1CC1. The zero-order valence-electron chi connectivity index (χ0n) is 10.3. The largest absolute Gasteiger partial charge is 0.480 e. The molecule has 1 aliphatic rings. The molecule has 0 radical (unpaired) electrons. The molecule has 0 saturated heterocycles. The molecule has 102 valence electrons. The number of primary amides is 1. The molecule has 0 atom stereocenters. The predicted octanol–water partition coefficient (Wildman–Crippen LogP) is 1.85. The van der Waals surface area contributed by atoms with Gasteiger partial charge in [-0.1, -0.05) is 6.07 Å². The molecule has 6 heteroatoms. The molecule has 0 unspecified atom stereocenters. The van der Waals surface area contributed by atoms with Crippen molar-refractivity contribution in [3.05, 3.63) is 28.2 Å². The summed E-state index contributed by atoms with van der Waals surface area (Å²) in [6.07, 6.45) is 2.21. The van der Waals surface area contributed by atoms with Crippen molar-refractivity contribution in [2.24, 2.45) is 11.7 Å². The van der Waals surface area contributed by atoms with E-state index in [1.807, 2.05) is 0 Å². The summed E-state index contributed by atoms with van der Waals surface area (Å²) in [5.41, 5.74) is 6.30. The third-order valence-electron chi connectivity index (χ3n) is 3.08. The highest BCUT2D eigenvalue weighted by molar-refractivity contribution is 9.10. The highest BCUT2D eigenvalue weighted by Gasteiger charge is 2.27. The Balaban J connectivity index is 2.36. The highest BCUT2D eigenvalue weighted by Crippen LogP contribution is 2.34. The molecule has 19 heavy (non-hydrogen) atoms. The summed E-state index contributed by atoms with van der Waals surface area (Å²) in [6.45, 7) is 0.510. The summed E-state index contributed by atoms with van der Waals surface area (Å²) in [6, 6.07) is 5.23. The van der Waals surface area contributed by atoms with Crippen molar-refractivity contribution in [2.75, 3.05) is 18.0 Å². The quantitative estimate of drug-likeness (QED) is 0.835. The molecule has 0 spiro atoms. The molecule has 1 saturated carbocycles. The maximum atomic E-state index is 11.6. The topological polar surface area (TPSA) is 83.6 Å². The fraction of sp³-hybridized carbons (Fsp3) is 0.385. The monoisotopic (exact) mass is 326 g/mol. The van der Waals surface area contributed by atoms with Crippen molar-refractivity contribution in [3.8, 4) is 0 Å². The Morgan fingerprint density at radius 3 is 2.63 bits per heavy atom. The maximum Gasteiger partial charge on any atom is 0.323 e. The van der Waals surface area contributed by atoms with Crippen LogP contribution in [0, 0.1) is 5.92 Å². The molecule has 0 aromatic heterocycles. The number of nitrogens with zero attached hydrogens (tertiary/aromatic N) is 1. The number of aliphatic carboxylic acids is 1. The molecule has 0 heterocycles. The maximum absolute atomic E-state index is 11.6. The van der Waals surface area contributed by atoms with Crippen LogP contribution in [-0.4, -0.2) is 30.1 Å². The number of carboxylic acids is 1. The van der Waals surface area contributed by atoms with Crippen LogP contribution in [0.25, 0.3) is 0 Å². The molecule has 1 aliphatic carbocycles. The molecular formula is C13H15BrN2O3. The van der Waals surface area contributed by atoms with Gasteiger partial charge >= 0.3 is 5.97 Å². The Kier molecular flexibility index (Phi) is 4.09. The summed E-state index contributed by atoms with van der Waals surface area (Å²) in [4.78, 5) is 24.2. The first-order chi connectivity index (χ1) is 8.99. The minimum atomic E-state index is -0.920. The van der Waals surface area contributed by atoms with Gasteiger partial charge in [-0.3, -0.25) is 9.59 Å². The van der Waals surface area contributed by atoms with Crippen LogP contribution in [-0.2, 0) is 4.79 Å². The lowest BCUT2D eigenvalue weighted by molar-refractivity contribution is -0.135. The second-order valence-electron chi connectivity index (χ2n) is 4.72. The van der Waals surface area contributed by atoms with E-state index in [9.17, 15) is 9.59 Å². The Bertz CT molecular complexity index is 515. The Morgan fingerprint density at radius 1 is 1.42 bits per heavy atom. The third kappa shape index (κ3) is 3.47. The van der Waals surface area contributed by atoms with Gasteiger partial charge in [0.05, 0.1) is 11.3 Å². The van der Waals surface area contributed by atoms with Gasteiger partial charge in [-0.15, -0.1) is 0 Å². The van der Waals surface area contributed by atoms with Crippen LogP contribution in [0.15, 0.2) is 22.7 Å². The number of carboxylic acid groups (broad SMARTS) is 1. The van der Waals surface area contributed by atoms with E-state index in [1.165, 1.54) is 0 Å². The van der Waals surface area contributed by atoms with Crippen molar-refractivity contribution in [3.63, 3.8) is 0 Å². The van der Waals surface area contributed by atoms with E-state index in [1.54, 1.807) is 23.1 Å². The molecular weight excluding hydrogens is 312 g/mol. The minimum Gasteiger partial charge on any atom is -0.480 e. The summed E-state index contributed by atoms with van der Waals surface area (Å²) in [5.74, 6) is -0.969. The van der Waals surface area contributed by atoms with Crippen LogP contribution in [0.2, 0.25) is 0 Å². The van der Waals surface area contributed by atoms with Gasteiger partial charge < -0.3 is 15.7 Å². The lowest BCUT2D eigenvalue weighted by Gasteiger charge is -2.25. The predicted molar refractivity (Wildman–Crippen MR) is 75.2 cm³/mol. The number of anilines is 1. The molecule has 3 N–H and O–H groups in total. The van der Waals surface area contributed by atoms with Gasteiger partial charge in [0.15, 0.2) is 0 Å². The molecule has 1 aromatic carbocycles. The van der Waals surface area contributed by atoms with Gasteiger partial charge in [-0.05, 0) is 46.8 Å². The van der Waals surface area contributed by atoms with E-state index >= 15 is 0 Å². The van der Waals surface area contributed by atoms with E-state index in [4.69, 9.17) is 10.8 Å². The minimum absolute atomic E-state index is 0.132. The molecule has 5 nitrogen and oxygen atoms in total. The molecule has 1 fully saturated rings. The van der Waals surface area contributed by atoms with Crippen molar-refractivity contribution in [1.82, 2.24) is 0 Å². The Morgan fingerprint density at radius 2 is 2.11 bits per heavy atom. The number of rotatable bonds is 6. The Hall–Kier alpha value is -1.56. The number of amides is 1. The summed E-state index contributed by atoms with van der Waals surface area (Å²) in [7, 11) is 0. The normalized spacial score (nSPS) is 14.2. The summed E-state index contributed by atoms with van der Waals surface area (Å²) < 4.78 is 0.587. The summed E-state index contributed by atoms with van der Waals surface area (Å²) >= 11 is 3.29. The number of hydrogen-bond donors (Lipinski definition) is 2. The number of carbonyl (C=O) groups is 2. The van der Waals surface area contributed by atoms with E-state index in [2.05, 4.69) is 15.9 Å². The number of hydrogen-bond acceptors (Lipinski definition) is 3. The lowest BCUT2D eigenvalue weighted by Crippen LogP contribution is -2.33. The second-order valence-corrected chi connectivity index (χ2v) is 5.57. The summed E-state index contributed by atoms with van der Waals surface area (Å²) in [5, 5.41) is 9.01. The van der Waals surface area contributed by atoms with Crippen molar-refractivity contribution in [1.29, 1.82) is 0 Å². The average Bonchev–Trinajstić information content (AvgIpc) is 3.10. The van der Waals surface area contributed by atoms with E-state index in [-0.39, 0.29) is 6.54 Å². The van der Waals surface area contributed by atoms with Gasteiger partial charge in [0, 0.05) is 11.0 Å². The third-order valence-corrected chi connectivity index (χ3v) is 3.74. The number of nitrogens with two attached hydrogens (primary N) is 1. The van der Waals surface area contributed by atoms with E-state index in [0.717, 1.165) is 12.8 Å². The standard InChI is InChI=1S/C13H15BrN2O3/c14-9-2-1-3-10(12(9)13(15)19)16(7-11(17)18)6-8-4-5-8/h1-3,8H,4-7H2,(H2,15,19)(H,17,18). The van der Waals surface area contributed by atoms with Crippen LogP contribution in [0.4, 0.5) is 5.69 Å². The van der Waals surface area contributed by atoms with Gasteiger partial charge in [0.2, 0.25) is 0 Å². The number of carbonyl (C=O) groups excluding carboxylic acids is 1. The molecule has 1 amide bonds. The van der Waals surface area contributed by atoms with Crippen LogP contribution < -0.4 is 10.6 Å². The van der Waals surface area contributed by atoms with Gasteiger partial charge in [-0.2, -0.15) is 0 Å². The van der Waals surface area contributed by atoms with Crippen LogP contribution in [0.3, 0.4) is 0 Å². The van der Waals surface area contributed by atoms with Crippen LogP contribution >= 0.6 is 15.9 Å². The molecule has 0 aliphatic heterocycles. The van der Waals surface area contributed by atoms with Crippen LogP contribution in [0.1, 0.15) is 23.2 Å². The Labute approximate surface area is 119 Å². The average molecular weight is 327 g/mol. The van der Waals surface area contributed by atoms with Crippen molar-refractivity contribution >= 4 is 33.5 Å². The van der Waals surface area contributed by atoms with E-state index in [0.29, 0.717) is 28.2 Å². The fourth-order valence-corrected chi connectivity index (χ4v) is 2.59. The van der Waals surface area contributed by atoms with E-state index < -0.39 is 11.9 Å². The first kappa shape index (κ1) is 13.9. The smallest absolute Gasteiger partial charge is 0.323 e.